The average Bonchev–Trinajstić information content (AvgIpc) is 2.38. The summed E-state index contributed by atoms with van der Waals surface area (Å²) in [4.78, 5) is 11.9. The van der Waals surface area contributed by atoms with Crippen molar-refractivity contribution >= 4 is 21.6 Å². The lowest BCUT2D eigenvalue weighted by Crippen LogP contribution is -2.32. The van der Waals surface area contributed by atoms with Crippen LogP contribution in [0.4, 0.5) is 5.69 Å². The van der Waals surface area contributed by atoms with Crippen molar-refractivity contribution in [2.75, 3.05) is 11.9 Å². The molecule has 1 atom stereocenters. The van der Waals surface area contributed by atoms with Crippen molar-refractivity contribution in [3.63, 3.8) is 0 Å². The maximum Gasteiger partial charge on any atom is 0.266 e. The third kappa shape index (κ3) is 4.52. The summed E-state index contributed by atoms with van der Waals surface area (Å²) in [6.07, 6.45) is 1.04. The Morgan fingerprint density at radius 3 is 2.50 bits per heavy atom. The van der Waals surface area contributed by atoms with E-state index in [4.69, 9.17) is 0 Å². The number of anilines is 1. The molecule has 0 aliphatic rings. The Morgan fingerprint density at radius 2 is 1.90 bits per heavy atom. The van der Waals surface area contributed by atoms with Crippen LogP contribution in [-0.4, -0.2) is 20.9 Å². The van der Waals surface area contributed by atoms with Crippen LogP contribution in [0.1, 0.15) is 33.6 Å². The number of carbonyl (C=O) groups excluding carboxylic acids is 1. The molecule has 0 heterocycles. The van der Waals surface area contributed by atoms with Crippen molar-refractivity contribution in [3.8, 4) is 0 Å². The topological polar surface area (TPSA) is 75.3 Å². The third-order valence-corrected chi connectivity index (χ3v) is 4.45. The van der Waals surface area contributed by atoms with Crippen LogP contribution in [0.25, 0.3) is 0 Å². The second-order valence-electron chi connectivity index (χ2n) is 4.77. The van der Waals surface area contributed by atoms with Gasteiger partial charge in [0, 0.05) is 13.0 Å². The summed E-state index contributed by atoms with van der Waals surface area (Å²) in [6, 6.07) is 6.54. The standard InChI is InChI=1S/C14H22N2O3S/c1-4-11(3)10-14(17)16-20(18,19)13-9-7-6-8-12(13)15-5-2/h6-9,11,15H,4-5,10H2,1-3H3,(H,16,17). The fourth-order valence-electron chi connectivity index (χ4n) is 1.74. The number of hydrogen-bond donors (Lipinski definition) is 2. The molecular weight excluding hydrogens is 276 g/mol. The Kier molecular flexibility index (Phi) is 6.01. The Morgan fingerprint density at radius 1 is 1.25 bits per heavy atom. The number of benzene rings is 1. The molecule has 0 radical (unpaired) electrons. The maximum atomic E-state index is 12.2. The van der Waals surface area contributed by atoms with Gasteiger partial charge in [-0.3, -0.25) is 4.79 Å². The number of nitrogens with one attached hydrogen (secondary N) is 2. The highest BCUT2D eigenvalue weighted by atomic mass is 32.2. The summed E-state index contributed by atoms with van der Waals surface area (Å²) in [5.41, 5.74) is 0.499. The molecule has 2 N–H and O–H groups in total. The van der Waals surface area contributed by atoms with Gasteiger partial charge < -0.3 is 5.32 Å². The van der Waals surface area contributed by atoms with Gasteiger partial charge in [-0.25, -0.2) is 13.1 Å². The highest BCUT2D eigenvalue weighted by Crippen LogP contribution is 2.20. The second-order valence-corrected chi connectivity index (χ2v) is 6.42. The van der Waals surface area contributed by atoms with E-state index in [0.29, 0.717) is 12.2 Å². The van der Waals surface area contributed by atoms with Gasteiger partial charge in [-0.1, -0.05) is 32.4 Å². The van der Waals surface area contributed by atoms with E-state index in [1.165, 1.54) is 6.07 Å². The van der Waals surface area contributed by atoms with E-state index in [9.17, 15) is 13.2 Å². The van der Waals surface area contributed by atoms with Gasteiger partial charge in [0.05, 0.1) is 5.69 Å². The zero-order chi connectivity index (χ0) is 15.2. The van der Waals surface area contributed by atoms with Gasteiger partial charge >= 0.3 is 0 Å². The molecule has 0 saturated carbocycles. The van der Waals surface area contributed by atoms with Crippen molar-refractivity contribution in [3.05, 3.63) is 24.3 Å². The monoisotopic (exact) mass is 298 g/mol. The average molecular weight is 298 g/mol. The molecular formula is C14H22N2O3S. The summed E-state index contributed by atoms with van der Waals surface area (Å²) in [5, 5.41) is 2.98. The Labute approximate surface area is 120 Å². The van der Waals surface area contributed by atoms with Crippen molar-refractivity contribution in [1.29, 1.82) is 0 Å². The molecule has 1 rings (SSSR count). The number of carbonyl (C=O) groups is 1. The smallest absolute Gasteiger partial charge is 0.266 e. The lowest BCUT2D eigenvalue weighted by molar-refractivity contribution is -0.120. The minimum atomic E-state index is -3.83. The molecule has 1 unspecified atom stereocenters. The fourth-order valence-corrected chi connectivity index (χ4v) is 2.93. The van der Waals surface area contributed by atoms with E-state index in [2.05, 4.69) is 10.0 Å². The zero-order valence-electron chi connectivity index (χ0n) is 12.1. The van der Waals surface area contributed by atoms with E-state index in [0.717, 1.165) is 6.42 Å². The quantitative estimate of drug-likeness (QED) is 0.810. The van der Waals surface area contributed by atoms with Gasteiger partial charge in [-0.05, 0) is 25.0 Å². The van der Waals surface area contributed by atoms with Gasteiger partial charge in [0.15, 0.2) is 0 Å². The van der Waals surface area contributed by atoms with Crippen LogP contribution < -0.4 is 10.0 Å². The molecule has 0 aliphatic carbocycles. The Balaban J connectivity index is 2.91. The first-order valence-electron chi connectivity index (χ1n) is 6.79. The van der Waals surface area contributed by atoms with Crippen LogP contribution in [-0.2, 0) is 14.8 Å². The van der Waals surface area contributed by atoms with Crippen LogP contribution in [0.5, 0.6) is 0 Å². The first kappa shape index (κ1) is 16.5. The summed E-state index contributed by atoms with van der Waals surface area (Å²) in [6.45, 7) is 6.37. The number of amides is 1. The van der Waals surface area contributed by atoms with Gasteiger partial charge in [0.1, 0.15) is 4.90 Å². The lowest BCUT2D eigenvalue weighted by atomic mass is 10.1. The molecule has 1 aromatic carbocycles. The normalized spacial score (nSPS) is 12.8. The largest absolute Gasteiger partial charge is 0.384 e. The summed E-state index contributed by atoms with van der Waals surface area (Å²) in [7, 11) is -3.83. The number of rotatable bonds is 7. The Bertz CT molecular complexity index is 555. The van der Waals surface area contributed by atoms with Gasteiger partial charge in [0.2, 0.25) is 5.91 Å². The van der Waals surface area contributed by atoms with E-state index in [-0.39, 0.29) is 17.2 Å². The zero-order valence-corrected chi connectivity index (χ0v) is 13.0. The third-order valence-electron chi connectivity index (χ3n) is 3.02. The summed E-state index contributed by atoms with van der Waals surface area (Å²) >= 11 is 0. The highest BCUT2D eigenvalue weighted by Gasteiger charge is 2.21. The molecule has 6 heteroatoms. The molecule has 0 fully saturated rings. The van der Waals surface area contributed by atoms with E-state index < -0.39 is 15.9 Å². The molecule has 5 nitrogen and oxygen atoms in total. The SMILES string of the molecule is CCNc1ccccc1S(=O)(=O)NC(=O)CC(C)CC. The molecule has 0 bridgehead atoms. The molecule has 0 aromatic heterocycles. The first-order valence-corrected chi connectivity index (χ1v) is 8.27. The predicted molar refractivity (Wildman–Crippen MR) is 80.0 cm³/mol. The van der Waals surface area contributed by atoms with Crippen LogP contribution in [0.2, 0.25) is 0 Å². The van der Waals surface area contributed by atoms with Crippen LogP contribution in [0.3, 0.4) is 0 Å². The van der Waals surface area contributed by atoms with Crippen molar-refractivity contribution in [2.24, 2.45) is 5.92 Å². The van der Waals surface area contributed by atoms with Crippen molar-refractivity contribution in [1.82, 2.24) is 4.72 Å². The van der Waals surface area contributed by atoms with Crippen molar-refractivity contribution in [2.45, 2.75) is 38.5 Å². The minimum absolute atomic E-state index is 0.0966. The number of sulfonamides is 1. The Hall–Kier alpha value is -1.56. The minimum Gasteiger partial charge on any atom is -0.384 e. The summed E-state index contributed by atoms with van der Waals surface area (Å²) in [5.74, 6) is -0.306. The molecule has 1 amide bonds. The van der Waals surface area contributed by atoms with Gasteiger partial charge in [0.25, 0.3) is 10.0 Å². The molecule has 0 saturated heterocycles. The lowest BCUT2D eigenvalue weighted by Gasteiger charge is -2.13. The predicted octanol–water partition coefficient (Wildman–Crippen LogP) is 2.36. The van der Waals surface area contributed by atoms with E-state index in [1.54, 1.807) is 18.2 Å². The van der Waals surface area contributed by atoms with Crippen LogP contribution in [0, 0.1) is 5.92 Å². The number of para-hydroxylation sites is 1. The molecule has 0 spiro atoms. The van der Waals surface area contributed by atoms with E-state index in [1.807, 2.05) is 20.8 Å². The van der Waals surface area contributed by atoms with Gasteiger partial charge in [-0.15, -0.1) is 0 Å². The van der Waals surface area contributed by atoms with Crippen LogP contribution >= 0.6 is 0 Å². The molecule has 20 heavy (non-hydrogen) atoms. The highest BCUT2D eigenvalue weighted by molar-refractivity contribution is 7.90. The second kappa shape index (κ2) is 7.28. The fraction of sp³-hybridized carbons (Fsp3) is 0.500. The van der Waals surface area contributed by atoms with E-state index >= 15 is 0 Å². The molecule has 0 aliphatic heterocycles. The van der Waals surface area contributed by atoms with Gasteiger partial charge in [-0.2, -0.15) is 0 Å². The molecule has 112 valence electrons. The van der Waals surface area contributed by atoms with Crippen molar-refractivity contribution < 1.29 is 13.2 Å². The number of hydrogen-bond acceptors (Lipinski definition) is 4. The summed E-state index contributed by atoms with van der Waals surface area (Å²) < 4.78 is 26.6. The first-order chi connectivity index (χ1) is 9.40. The maximum absolute atomic E-state index is 12.2. The van der Waals surface area contributed by atoms with Crippen LogP contribution in [0.15, 0.2) is 29.2 Å². The molecule has 1 aromatic rings.